The lowest BCUT2D eigenvalue weighted by molar-refractivity contribution is -0.139. The zero-order valence-electron chi connectivity index (χ0n) is 18.6. The third-order valence-corrected chi connectivity index (χ3v) is 5.80. The summed E-state index contributed by atoms with van der Waals surface area (Å²) in [4.78, 5) is 2.81. The molecule has 182 valence electrons. The molecule has 4 nitrogen and oxygen atoms in total. The van der Waals surface area contributed by atoms with Crippen molar-refractivity contribution in [3.05, 3.63) is 58.9 Å². The molecule has 0 bridgehead atoms. The number of methoxy groups -OCH3 is 1. The molecule has 2 aromatic carbocycles. The van der Waals surface area contributed by atoms with Gasteiger partial charge in [-0.15, -0.1) is 0 Å². The summed E-state index contributed by atoms with van der Waals surface area (Å²) in [6.07, 6.45) is -5.56. The maximum atomic E-state index is 13.5. The highest BCUT2D eigenvalue weighted by molar-refractivity contribution is 5.87. The number of ether oxygens (including phenoxy) is 2. The molecule has 0 aliphatic rings. The molecule has 0 spiro atoms. The van der Waals surface area contributed by atoms with E-state index in [4.69, 9.17) is 9.47 Å². The van der Waals surface area contributed by atoms with Crippen molar-refractivity contribution in [2.75, 3.05) is 13.7 Å². The first-order chi connectivity index (χ1) is 15.9. The van der Waals surface area contributed by atoms with Gasteiger partial charge in [0.1, 0.15) is 11.5 Å². The van der Waals surface area contributed by atoms with Gasteiger partial charge >= 0.3 is 12.4 Å². The van der Waals surface area contributed by atoms with Crippen molar-refractivity contribution in [3.63, 3.8) is 0 Å². The van der Waals surface area contributed by atoms with E-state index in [2.05, 4.69) is 4.98 Å². The Kier molecular flexibility index (Phi) is 5.95. The number of nitrogens with one attached hydrogen (secondary N) is 1. The number of halogens is 6. The summed E-state index contributed by atoms with van der Waals surface area (Å²) >= 11 is 0. The Hall–Kier alpha value is -3.30. The Bertz CT molecular complexity index is 1350. The van der Waals surface area contributed by atoms with Crippen LogP contribution < -0.4 is 9.47 Å². The maximum absolute atomic E-state index is 13.5. The quantitative estimate of drug-likeness (QED) is 0.231. The highest BCUT2D eigenvalue weighted by Crippen LogP contribution is 2.41. The summed E-state index contributed by atoms with van der Waals surface area (Å²) in [7, 11) is 1.18. The molecule has 0 saturated heterocycles. The van der Waals surface area contributed by atoms with Crippen LogP contribution in [0.25, 0.3) is 21.8 Å². The second-order valence-electron chi connectivity index (χ2n) is 8.14. The first-order valence-corrected chi connectivity index (χ1v) is 10.5. The van der Waals surface area contributed by atoms with Gasteiger partial charge in [-0.25, -0.2) is 0 Å². The second kappa shape index (κ2) is 8.48. The number of fused-ring (bicyclic) bond motifs is 2. The number of hydrogen-bond acceptors (Lipinski definition) is 2. The molecule has 1 N–H and O–H groups in total. The first-order valence-electron chi connectivity index (χ1n) is 10.5. The average Bonchev–Trinajstić information content (AvgIpc) is 3.27. The minimum atomic E-state index is -4.59. The smallest absolute Gasteiger partial charge is 0.420 e. The fourth-order valence-electron chi connectivity index (χ4n) is 4.12. The van der Waals surface area contributed by atoms with Crippen molar-refractivity contribution in [2.45, 2.75) is 39.2 Å². The van der Waals surface area contributed by atoms with Crippen molar-refractivity contribution in [1.82, 2.24) is 9.55 Å². The molecule has 2 aromatic heterocycles. The SMILES string of the molecule is COc1cc2c(C)cn(CCCOc3cc4c(C)c[nH]c4cc3C(F)(F)F)c2cc1C(F)(F)F. The predicted molar refractivity (Wildman–Crippen MR) is 116 cm³/mol. The maximum Gasteiger partial charge on any atom is 0.420 e. The fourth-order valence-corrected chi connectivity index (χ4v) is 4.12. The Morgan fingerprint density at radius 1 is 0.853 bits per heavy atom. The Balaban J connectivity index is 1.56. The van der Waals surface area contributed by atoms with Gasteiger partial charge in [0.05, 0.1) is 24.8 Å². The van der Waals surface area contributed by atoms with E-state index in [0.717, 1.165) is 23.3 Å². The summed E-state index contributed by atoms with van der Waals surface area (Å²) in [6.45, 7) is 3.77. The molecule has 4 rings (SSSR count). The van der Waals surface area contributed by atoms with E-state index in [1.807, 2.05) is 0 Å². The molecule has 0 unspecified atom stereocenters. The zero-order chi connectivity index (χ0) is 24.8. The van der Waals surface area contributed by atoms with Gasteiger partial charge in [-0.3, -0.25) is 0 Å². The van der Waals surface area contributed by atoms with Crippen LogP contribution in [0.1, 0.15) is 28.7 Å². The number of aromatic amines is 1. The molecule has 0 aliphatic carbocycles. The Morgan fingerprint density at radius 2 is 1.50 bits per heavy atom. The predicted octanol–water partition coefficient (Wildman–Crippen LogP) is 7.25. The van der Waals surface area contributed by atoms with E-state index in [9.17, 15) is 26.3 Å². The lowest BCUT2D eigenvalue weighted by Crippen LogP contribution is -2.11. The van der Waals surface area contributed by atoms with Crippen LogP contribution in [0.15, 0.2) is 36.7 Å². The van der Waals surface area contributed by atoms with E-state index in [1.54, 1.807) is 30.8 Å². The molecule has 0 amide bonds. The van der Waals surface area contributed by atoms with E-state index >= 15 is 0 Å². The van der Waals surface area contributed by atoms with Crippen LogP contribution in [0.2, 0.25) is 0 Å². The number of benzene rings is 2. The topological polar surface area (TPSA) is 39.2 Å². The zero-order valence-corrected chi connectivity index (χ0v) is 18.6. The summed E-state index contributed by atoms with van der Waals surface area (Å²) in [5.74, 6) is -0.542. The normalized spacial score (nSPS) is 12.6. The van der Waals surface area contributed by atoms with Crippen LogP contribution in [0, 0.1) is 13.8 Å². The number of H-pyrrole nitrogens is 1. The summed E-state index contributed by atoms with van der Waals surface area (Å²) in [6, 6.07) is 4.77. The van der Waals surface area contributed by atoms with Crippen molar-refractivity contribution in [1.29, 1.82) is 0 Å². The van der Waals surface area contributed by atoms with Crippen LogP contribution in [0.5, 0.6) is 11.5 Å². The number of aryl methyl sites for hydroxylation is 3. The standard InChI is InChI=1S/C24H22F6N2O2/c1-13-11-31-19-9-17(23(25,26)27)22(7-15(13)19)34-6-4-5-32-12-14(2)16-8-21(33-3)18(10-20(16)32)24(28,29)30/h7-12,31H,4-6H2,1-3H3. The largest absolute Gasteiger partial charge is 0.496 e. The first kappa shape index (κ1) is 23.8. The molecule has 0 atom stereocenters. The lowest BCUT2D eigenvalue weighted by Gasteiger charge is -2.15. The number of rotatable bonds is 6. The third-order valence-electron chi connectivity index (χ3n) is 5.80. The number of aromatic nitrogens is 2. The van der Waals surface area contributed by atoms with Crippen LogP contribution >= 0.6 is 0 Å². The molecular formula is C24H22F6N2O2. The van der Waals surface area contributed by atoms with Crippen LogP contribution in [-0.4, -0.2) is 23.3 Å². The Labute approximate surface area is 191 Å². The average molecular weight is 484 g/mol. The van der Waals surface area contributed by atoms with E-state index in [-0.39, 0.29) is 31.1 Å². The van der Waals surface area contributed by atoms with Gasteiger partial charge < -0.3 is 19.0 Å². The van der Waals surface area contributed by atoms with Gasteiger partial charge in [0.15, 0.2) is 0 Å². The number of alkyl halides is 6. The van der Waals surface area contributed by atoms with Crippen LogP contribution in [0.3, 0.4) is 0 Å². The Morgan fingerprint density at radius 3 is 2.15 bits per heavy atom. The van der Waals surface area contributed by atoms with Gasteiger partial charge in [-0.05, 0) is 55.7 Å². The minimum Gasteiger partial charge on any atom is -0.496 e. The van der Waals surface area contributed by atoms with Crippen molar-refractivity contribution < 1.29 is 35.8 Å². The van der Waals surface area contributed by atoms with E-state index < -0.39 is 23.5 Å². The van der Waals surface area contributed by atoms with E-state index in [0.29, 0.717) is 21.8 Å². The molecule has 0 radical (unpaired) electrons. The monoisotopic (exact) mass is 484 g/mol. The van der Waals surface area contributed by atoms with Crippen molar-refractivity contribution >= 4 is 21.8 Å². The summed E-state index contributed by atoms with van der Waals surface area (Å²) < 4.78 is 93.0. The molecule has 0 aliphatic heterocycles. The fraction of sp³-hybridized carbons (Fsp3) is 0.333. The van der Waals surface area contributed by atoms with E-state index in [1.165, 1.54) is 19.2 Å². The molecule has 34 heavy (non-hydrogen) atoms. The molecule has 0 saturated carbocycles. The van der Waals surface area contributed by atoms with Crippen LogP contribution in [0.4, 0.5) is 26.3 Å². The van der Waals surface area contributed by atoms with Crippen molar-refractivity contribution in [3.8, 4) is 11.5 Å². The number of nitrogens with zero attached hydrogens (tertiary/aromatic N) is 1. The van der Waals surface area contributed by atoms with Gasteiger partial charge in [-0.2, -0.15) is 26.3 Å². The van der Waals surface area contributed by atoms with Gasteiger partial charge in [0.2, 0.25) is 0 Å². The van der Waals surface area contributed by atoms with Gasteiger partial charge in [0, 0.05) is 40.7 Å². The second-order valence-corrected chi connectivity index (χ2v) is 8.14. The number of hydrogen-bond donors (Lipinski definition) is 1. The summed E-state index contributed by atoms with van der Waals surface area (Å²) in [5, 5.41) is 1.24. The molecule has 0 fully saturated rings. The lowest BCUT2D eigenvalue weighted by atomic mass is 10.1. The van der Waals surface area contributed by atoms with Crippen LogP contribution in [-0.2, 0) is 18.9 Å². The highest BCUT2D eigenvalue weighted by atomic mass is 19.4. The van der Waals surface area contributed by atoms with Crippen molar-refractivity contribution in [2.24, 2.45) is 0 Å². The molecular weight excluding hydrogens is 462 g/mol. The minimum absolute atomic E-state index is 0.0426. The third kappa shape index (κ3) is 4.41. The van der Waals surface area contributed by atoms with Gasteiger partial charge in [-0.1, -0.05) is 0 Å². The highest BCUT2D eigenvalue weighted by Gasteiger charge is 2.36. The molecule has 2 heterocycles. The molecule has 4 aromatic rings. The molecule has 10 heteroatoms. The summed E-state index contributed by atoms with van der Waals surface area (Å²) in [5.41, 5.74) is 0.511. The van der Waals surface area contributed by atoms with Gasteiger partial charge in [0.25, 0.3) is 0 Å².